The quantitative estimate of drug-likeness (QED) is 0.532. The molecule has 4 aromatic rings. The number of nitrogens with zero attached hydrogens (tertiary/aromatic N) is 3. The Labute approximate surface area is 112 Å². The minimum Gasteiger partial charge on any atom is -0.456 e. The van der Waals surface area contributed by atoms with E-state index >= 15 is 0 Å². The minimum atomic E-state index is -0.0403. The minimum absolute atomic E-state index is 0.0403. The van der Waals surface area contributed by atoms with E-state index in [1.165, 1.54) is 0 Å². The van der Waals surface area contributed by atoms with Gasteiger partial charge in [-0.1, -0.05) is 18.2 Å². The third kappa shape index (κ3) is 1.51. The Morgan fingerprint density at radius 1 is 1.00 bits per heavy atom. The van der Waals surface area contributed by atoms with Crippen LogP contribution in [0.1, 0.15) is 0 Å². The highest BCUT2D eigenvalue weighted by molar-refractivity contribution is 5.91. The van der Waals surface area contributed by atoms with Crippen molar-refractivity contribution >= 4 is 21.9 Å². The fourth-order valence-corrected chi connectivity index (χ4v) is 2.22. The molecule has 0 aliphatic carbocycles. The number of hydrogen-bond donors (Lipinski definition) is 1. The summed E-state index contributed by atoms with van der Waals surface area (Å²) in [4.78, 5) is 12.4. The molecule has 2 aromatic heterocycles. The number of aromatic nitrogens is 4. The number of hydrogen-bond acceptors (Lipinski definition) is 5. The van der Waals surface area contributed by atoms with E-state index in [2.05, 4.69) is 20.6 Å². The van der Waals surface area contributed by atoms with Crippen LogP contribution in [0.2, 0.25) is 0 Å². The van der Waals surface area contributed by atoms with Crippen LogP contribution in [0, 0.1) is 0 Å². The van der Waals surface area contributed by atoms with Crippen molar-refractivity contribution in [2.75, 3.05) is 0 Å². The van der Waals surface area contributed by atoms with Crippen molar-refractivity contribution < 1.29 is 4.42 Å². The van der Waals surface area contributed by atoms with E-state index in [1.807, 2.05) is 12.1 Å². The highest BCUT2D eigenvalue weighted by Gasteiger charge is 2.10. The summed E-state index contributed by atoms with van der Waals surface area (Å²) in [6.45, 7) is 0. The van der Waals surface area contributed by atoms with Crippen LogP contribution in [0.5, 0.6) is 0 Å². The topological polar surface area (TPSA) is 84.7 Å². The van der Waals surface area contributed by atoms with Gasteiger partial charge in [0.2, 0.25) is 11.3 Å². The number of benzene rings is 2. The number of H-pyrrole nitrogens is 1. The van der Waals surface area contributed by atoms with Crippen LogP contribution in [0.25, 0.3) is 33.3 Å². The maximum atomic E-state index is 12.4. The lowest BCUT2D eigenvalue weighted by Gasteiger charge is -2.02. The molecule has 6 heteroatoms. The monoisotopic (exact) mass is 264 g/mol. The second-order valence-corrected chi connectivity index (χ2v) is 4.37. The van der Waals surface area contributed by atoms with Crippen LogP contribution in [0.4, 0.5) is 0 Å². The van der Waals surface area contributed by atoms with Gasteiger partial charge in [0.25, 0.3) is 0 Å². The summed E-state index contributed by atoms with van der Waals surface area (Å²) >= 11 is 0. The van der Waals surface area contributed by atoms with E-state index in [9.17, 15) is 4.79 Å². The first-order valence-corrected chi connectivity index (χ1v) is 6.02. The molecule has 2 heterocycles. The van der Waals surface area contributed by atoms with Gasteiger partial charge in [-0.2, -0.15) is 5.21 Å². The van der Waals surface area contributed by atoms with E-state index in [1.54, 1.807) is 30.3 Å². The molecule has 0 unspecified atom stereocenters. The van der Waals surface area contributed by atoms with E-state index < -0.39 is 0 Å². The van der Waals surface area contributed by atoms with E-state index in [0.717, 1.165) is 5.56 Å². The highest BCUT2D eigenvalue weighted by Crippen LogP contribution is 2.22. The molecule has 0 bridgehead atoms. The average molecular weight is 264 g/mol. The number of fused-ring (bicyclic) bond motifs is 2. The lowest BCUT2D eigenvalue weighted by atomic mass is 10.1. The molecule has 6 nitrogen and oxygen atoms in total. The van der Waals surface area contributed by atoms with E-state index in [-0.39, 0.29) is 5.43 Å². The third-order valence-electron chi connectivity index (χ3n) is 3.18. The van der Waals surface area contributed by atoms with Crippen molar-refractivity contribution in [3.05, 3.63) is 52.7 Å². The van der Waals surface area contributed by atoms with Gasteiger partial charge in [0.05, 0.1) is 10.8 Å². The molecular weight excluding hydrogens is 256 g/mol. The van der Waals surface area contributed by atoms with Crippen LogP contribution in [-0.2, 0) is 0 Å². The zero-order valence-electron chi connectivity index (χ0n) is 10.2. The van der Waals surface area contributed by atoms with Gasteiger partial charge in [-0.05, 0) is 29.5 Å². The molecule has 0 saturated heterocycles. The molecule has 0 saturated carbocycles. The summed E-state index contributed by atoms with van der Waals surface area (Å²) in [6, 6.07) is 12.4. The number of aromatic amines is 1. The zero-order chi connectivity index (χ0) is 13.5. The van der Waals surface area contributed by atoms with Crippen molar-refractivity contribution in [3.8, 4) is 11.4 Å². The fraction of sp³-hybridized carbons (Fsp3) is 0. The van der Waals surface area contributed by atoms with Crippen molar-refractivity contribution in [3.63, 3.8) is 0 Å². The lowest BCUT2D eigenvalue weighted by Crippen LogP contribution is -2.01. The van der Waals surface area contributed by atoms with Crippen molar-refractivity contribution in [2.45, 2.75) is 0 Å². The number of rotatable bonds is 1. The molecule has 0 aliphatic heterocycles. The SMILES string of the molecule is O=c1c2ccccc2oc2cc(-c3nn[nH]n3)ccc12. The van der Waals surface area contributed by atoms with Crippen molar-refractivity contribution in [1.82, 2.24) is 20.6 Å². The summed E-state index contributed by atoms with van der Waals surface area (Å²) in [5.41, 5.74) is 1.78. The average Bonchev–Trinajstić information content (AvgIpc) is 3.01. The maximum Gasteiger partial charge on any atom is 0.204 e. The Bertz CT molecular complexity index is 973. The Morgan fingerprint density at radius 3 is 2.70 bits per heavy atom. The fourth-order valence-electron chi connectivity index (χ4n) is 2.22. The Hall–Kier alpha value is -3.02. The smallest absolute Gasteiger partial charge is 0.204 e. The van der Waals surface area contributed by atoms with Gasteiger partial charge in [0.1, 0.15) is 11.2 Å². The zero-order valence-corrected chi connectivity index (χ0v) is 10.2. The Kier molecular flexibility index (Phi) is 2.17. The molecule has 4 rings (SSSR count). The van der Waals surface area contributed by atoms with Gasteiger partial charge >= 0.3 is 0 Å². The first kappa shape index (κ1) is 10.9. The molecule has 0 spiro atoms. The molecule has 96 valence electrons. The van der Waals surface area contributed by atoms with E-state index in [0.29, 0.717) is 27.8 Å². The first-order valence-electron chi connectivity index (χ1n) is 6.02. The van der Waals surface area contributed by atoms with Crippen LogP contribution in [0.15, 0.2) is 51.7 Å². The molecule has 0 radical (unpaired) electrons. The number of para-hydroxylation sites is 1. The van der Waals surface area contributed by atoms with Crippen molar-refractivity contribution in [1.29, 1.82) is 0 Å². The van der Waals surface area contributed by atoms with Crippen LogP contribution in [-0.4, -0.2) is 20.6 Å². The van der Waals surface area contributed by atoms with Gasteiger partial charge in [0, 0.05) is 5.56 Å². The summed E-state index contributed by atoms with van der Waals surface area (Å²) < 4.78 is 5.78. The largest absolute Gasteiger partial charge is 0.456 e. The summed E-state index contributed by atoms with van der Waals surface area (Å²) in [7, 11) is 0. The number of tetrazole rings is 1. The van der Waals surface area contributed by atoms with Gasteiger partial charge < -0.3 is 4.42 Å². The Balaban J connectivity index is 2.08. The Morgan fingerprint density at radius 2 is 1.85 bits per heavy atom. The third-order valence-corrected chi connectivity index (χ3v) is 3.18. The predicted molar refractivity (Wildman–Crippen MR) is 73.2 cm³/mol. The molecule has 0 atom stereocenters. The first-order chi connectivity index (χ1) is 9.83. The molecule has 20 heavy (non-hydrogen) atoms. The molecule has 0 aliphatic rings. The number of nitrogens with one attached hydrogen (secondary N) is 1. The maximum absolute atomic E-state index is 12.4. The molecule has 1 N–H and O–H groups in total. The second-order valence-electron chi connectivity index (χ2n) is 4.37. The van der Waals surface area contributed by atoms with Crippen LogP contribution >= 0.6 is 0 Å². The van der Waals surface area contributed by atoms with Gasteiger partial charge in [-0.15, -0.1) is 10.2 Å². The molecule has 0 amide bonds. The predicted octanol–water partition coefficient (Wildman–Crippen LogP) is 2.13. The highest BCUT2D eigenvalue weighted by atomic mass is 16.3. The summed E-state index contributed by atoms with van der Waals surface area (Å²) in [6.07, 6.45) is 0. The van der Waals surface area contributed by atoms with Crippen molar-refractivity contribution in [2.24, 2.45) is 0 Å². The normalized spacial score (nSPS) is 11.2. The van der Waals surface area contributed by atoms with E-state index in [4.69, 9.17) is 4.42 Å². The van der Waals surface area contributed by atoms with Gasteiger partial charge in [-0.25, -0.2) is 0 Å². The van der Waals surface area contributed by atoms with Gasteiger partial charge in [0.15, 0.2) is 0 Å². The molecule has 2 aromatic carbocycles. The second kappa shape index (κ2) is 3.99. The lowest BCUT2D eigenvalue weighted by molar-refractivity contribution is 0.660. The van der Waals surface area contributed by atoms with Crippen LogP contribution in [0.3, 0.4) is 0 Å². The summed E-state index contributed by atoms with van der Waals surface area (Å²) in [5, 5.41) is 14.8. The molecular formula is C14H8N4O2. The summed E-state index contributed by atoms with van der Waals surface area (Å²) in [5.74, 6) is 0.461. The van der Waals surface area contributed by atoms with Gasteiger partial charge in [-0.3, -0.25) is 4.79 Å². The van der Waals surface area contributed by atoms with Crippen LogP contribution < -0.4 is 5.43 Å². The standard InChI is InChI=1S/C14H8N4O2/c19-13-9-3-1-2-4-11(9)20-12-7-8(5-6-10(12)13)14-15-17-18-16-14/h1-7H,(H,15,16,17,18). The molecule has 0 fully saturated rings.